The second-order valence-electron chi connectivity index (χ2n) is 5.82. The van der Waals surface area contributed by atoms with E-state index in [1.807, 2.05) is 13.8 Å². The number of nitrogens with one attached hydrogen (secondary N) is 3. The van der Waals surface area contributed by atoms with E-state index in [-0.39, 0.29) is 23.9 Å². The third-order valence-corrected chi connectivity index (χ3v) is 4.32. The first kappa shape index (κ1) is 19.6. The molecule has 1 fully saturated rings. The van der Waals surface area contributed by atoms with Crippen molar-refractivity contribution in [2.45, 2.75) is 46.0 Å². The van der Waals surface area contributed by atoms with Gasteiger partial charge in [0.2, 0.25) is 0 Å². The Balaban J connectivity index is 0.00000264. The fourth-order valence-electron chi connectivity index (χ4n) is 3.09. The van der Waals surface area contributed by atoms with Gasteiger partial charge in [0.15, 0.2) is 0 Å². The number of amides is 1. The van der Waals surface area contributed by atoms with Crippen LogP contribution in [0.4, 0.5) is 0 Å². The first-order valence-corrected chi connectivity index (χ1v) is 8.26. The molecule has 1 aromatic rings. The lowest BCUT2D eigenvalue weighted by molar-refractivity contribution is 0.0947. The van der Waals surface area contributed by atoms with Crippen LogP contribution in [0.15, 0.2) is 4.79 Å². The summed E-state index contributed by atoms with van der Waals surface area (Å²) in [7, 11) is 0. The number of hydrogen-bond donors (Lipinski definition) is 3. The van der Waals surface area contributed by atoms with Crippen LogP contribution in [-0.2, 0) is 12.8 Å². The van der Waals surface area contributed by atoms with Crippen LogP contribution < -0.4 is 16.2 Å². The number of H-pyrrole nitrogens is 1. The summed E-state index contributed by atoms with van der Waals surface area (Å²) in [6.45, 7) is 6.63. The Morgan fingerprint density at radius 2 is 2.13 bits per heavy atom. The van der Waals surface area contributed by atoms with Gasteiger partial charge in [-0.2, -0.15) is 5.10 Å². The molecule has 0 aromatic carbocycles. The van der Waals surface area contributed by atoms with E-state index in [0.717, 1.165) is 30.8 Å². The van der Waals surface area contributed by atoms with E-state index in [9.17, 15) is 9.59 Å². The van der Waals surface area contributed by atoms with Crippen molar-refractivity contribution in [2.24, 2.45) is 5.92 Å². The van der Waals surface area contributed by atoms with E-state index in [4.69, 9.17) is 0 Å². The Morgan fingerprint density at radius 3 is 2.74 bits per heavy atom. The van der Waals surface area contributed by atoms with Crippen LogP contribution >= 0.6 is 12.4 Å². The molecule has 7 heteroatoms. The second-order valence-corrected chi connectivity index (χ2v) is 5.82. The molecule has 1 amide bonds. The van der Waals surface area contributed by atoms with Gasteiger partial charge in [-0.15, -0.1) is 12.4 Å². The quantitative estimate of drug-likeness (QED) is 0.730. The molecule has 1 aliphatic rings. The standard InChI is InChI=1S/C16H26N4O2.ClH/c1-3-12-13(4-2)19-20-16(22)14(12)15(21)18-9-7-11-6-5-8-17-10-11;/h11,17H,3-10H2,1-2H3,(H,18,21)(H,20,22);1H. The zero-order valence-corrected chi connectivity index (χ0v) is 14.7. The van der Waals surface area contributed by atoms with E-state index in [0.29, 0.717) is 25.3 Å². The largest absolute Gasteiger partial charge is 0.352 e. The van der Waals surface area contributed by atoms with Crippen molar-refractivity contribution in [2.75, 3.05) is 19.6 Å². The van der Waals surface area contributed by atoms with Crippen molar-refractivity contribution in [1.29, 1.82) is 0 Å². The Hall–Kier alpha value is -1.40. The number of nitrogens with zero attached hydrogens (tertiary/aromatic N) is 1. The van der Waals surface area contributed by atoms with Crippen LogP contribution in [0.5, 0.6) is 0 Å². The summed E-state index contributed by atoms with van der Waals surface area (Å²) in [6, 6.07) is 0. The van der Waals surface area contributed by atoms with Crippen LogP contribution in [0, 0.1) is 5.92 Å². The average molecular weight is 343 g/mol. The summed E-state index contributed by atoms with van der Waals surface area (Å²) in [6.07, 6.45) is 4.69. The molecule has 2 heterocycles. The van der Waals surface area contributed by atoms with Gasteiger partial charge in [0.05, 0.1) is 5.69 Å². The zero-order valence-electron chi connectivity index (χ0n) is 13.9. The molecule has 0 radical (unpaired) electrons. The SMILES string of the molecule is CCc1n[nH]c(=O)c(C(=O)NCCC2CCCNC2)c1CC.Cl. The highest BCUT2D eigenvalue weighted by molar-refractivity contribution is 5.95. The number of piperidine rings is 1. The van der Waals surface area contributed by atoms with E-state index >= 15 is 0 Å². The number of rotatable bonds is 6. The van der Waals surface area contributed by atoms with Crippen molar-refractivity contribution in [1.82, 2.24) is 20.8 Å². The molecule has 23 heavy (non-hydrogen) atoms. The molecule has 0 aliphatic carbocycles. The molecule has 0 bridgehead atoms. The molecule has 1 atom stereocenters. The molecule has 0 saturated carbocycles. The number of halogens is 1. The van der Waals surface area contributed by atoms with Crippen molar-refractivity contribution < 1.29 is 4.79 Å². The lowest BCUT2D eigenvalue weighted by atomic mass is 9.96. The molecule has 2 rings (SSSR count). The first-order valence-electron chi connectivity index (χ1n) is 8.26. The summed E-state index contributed by atoms with van der Waals surface area (Å²) >= 11 is 0. The van der Waals surface area contributed by atoms with Gasteiger partial charge in [0.25, 0.3) is 11.5 Å². The van der Waals surface area contributed by atoms with Crippen molar-refractivity contribution in [3.63, 3.8) is 0 Å². The molecular weight excluding hydrogens is 316 g/mol. The van der Waals surface area contributed by atoms with Gasteiger partial charge in [-0.05, 0) is 56.7 Å². The molecule has 1 aromatic heterocycles. The molecule has 6 nitrogen and oxygen atoms in total. The minimum absolute atomic E-state index is 0. The van der Waals surface area contributed by atoms with E-state index in [1.165, 1.54) is 12.8 Å². The Bertz CT molecular complexity index is 568. The smallest absolute Gasteiger partial charge is 0.277 e. The summed E-state index contributed by atoms with van der Waals surface area (Å²) in [5.41, 5.74) is 1.40. The number of aromatic amines is 1. The number of hydrogen-bond acceptors (Lipinski definition) is 4. The number of carbonyl (C=O) groups is 1. The summed E-state index contributed by atoms with van der Waals surface area (Å²) in [5.74, 6) is 0.334. The van der Waals surface area contributed by atoms with E-state index < -0.39 is 5.56 Å². The van der Waals surface area contributed by atoms with Crippen LogP contribution in [0.2, 0.25) is 0 Å². The molecule has 1 unspecified atom stereocenters. The van der Waals surface area contributed by atoms with Crippen LogP contribution in [-0.4, -0.2) is 35.7 Å². The zero-order chi connectivity index (χ0) is 15.9. The first-order chi connectivity index (χ1) is 10.7. The Labute approximate surface area is 143 Å². The minimum Gasteiger partial charge on any atom is -0.352 e. The maximum absolute atomic E-state index is 12.4. The lowest BCUT2D eigenvalue weighted by Crippen LogP contribution is -2.36. The fourth-order valence-corrected chi connectivity index (χ4v) is 3.09. The van der Waals surface area contributed by atoms with Gasteiger partial charge in [0, 0.05) is 6.54 Å². The topological polar surface area (TPSA) is 86.9 Å². The van der Waals surface area contributed by atoms with Gasteiger partial charge in [0.1, 0.15) is 5.56 Å². The van der Waals surface area contributed by atoms with E-state index in [2.05, 4.69) is 20.8 Å². The molecule has 3 N–H and O–H groups in total. The van der Waals surface area contributed by atoms with Crippen molar-refractivity contribution in [3.8, 4) is 0 Å². The van der Waals surface area contributed by atoms with Crippen LogP contribution in [0.25, 0.3) is 0 Å². The molecule has 0 spiro atoms. The van der Waals surface area contributed by atoms with Gasteiger partial charge >= 0.3 is 0 Å². The third kappa shape index (κ3) is 5.04. The van der Waals surface area contributed by atoms with Gasteiger partial charge in [-0.1, -0.05) is 13.8 Å². The highest BCUT2D eigenvalue weighted by atomic mass is 35.5. The second kappa shape index (κ2) is 9.67. The third-order valence-electron chi connectivity index (χ3n) is 4.32. The monoisotopic (exact) mass is 342 g/mol. The maximum Gasteiger partial charge on any atom is 0.277 e. The average Bonchev–Trinajstić information content (AvgIpc) is 2.55. The van der Waals surface area contributed by atoms with Crippen LogP contribution in [0.1, 0.15) is 54.7 Å². The van der Waals surface area contributed by atoms with Crippen molar-refractivity contribution in [3.05, 3.63) is 27.2 Å². The van der Waals surface area contributed by atoms with Gasteiger partial charge in [-0.25, -0.2) is 5.10 Å². The van der Waals surface area contributed by atoms with Crippen LogP contribution in [0.3, 0.4) is 0 Å². The normalized spacial score (nSPS) is 17.4. The summed E-state index contributed by atoms with van der Waals surface area (Å²) in [4.78, 5) is 24.4. The predicted molar refractivity (Wildman–Crippen MR) is 93.4 cm³/mol. The maximum atomic E-state index is 12.4. The highest BCUT2D eigenvalue weighted by Crippen LogP contribution is 2.13. The number of carbonyl (C=O) groups excluding carboxylic acids is 1. The summed E-state index contributed by atoms with van der Waals surface area (Å²) in [5, 5.41) is 12.7. The molecule has 1 saturated heterocycles. The van der Waals surface area contributed by atoms with E-state index in [1.54, 1.807) is 0 Å². The Morgan fingerprint density at radius 1 is 1.35 bits per heavy atom. The number of aryl methyl sites for hydroxylation is 1. The van der Waals surface area contributed by atoms with Crippen molar-refractivity contribution >= 4 is 18.3 Å². The predicted octanol–water partition coefficient (Wildman–Crippen LogP) is 1.44. The Kier molecular flexibility index (Phi) is 8.26. The highest BCUT2D eigenvalue weighted by Gasteiger charge is 2.19. The lowest BCUT2D eigenvalue weighted by Gasteiger charge is -2.22. The van der Waals surface area contributed by atoms with Gasteiger partial charge < -0.3 is 10.6 Å². The molecular formula is C16H27ClN4O2. The van der Waals surface area contributed by atoms with Gasteiger partial charge in [-0.3, -0.25) is 9.59 Å². The summed E-state index contributed by atoms with van der Waals surface area (Å²) < 4.78 is 0. The number of aromatic nitrogens is 2. The molecule has 130 valence electrons. The minimum atomic E-state index is -0.397. The molecule has 1 aliphatic heterocycles. The fraction of sp³-hybridized carbons (Fsp3) is 0.688.